The Morgan fingerprint density at radius 2 is 1.67 bits per heavy atom. The minimum absolute atomic E-state index is 0.0525. The average Bonchev–Trinajstić information content (AvgIpc) is 3.02. The van der Waals surface area contributed by atoms with E-state index in [1.54, 1.807) is 24.3 Å². The first kappa shape index (κ1) is 34.0. The van der Waals surface area contributed by atoms with E-state index in [1.165, 1.54) is 4.90 Å². The first-order valence-electron chi connectivity index (χ1n) is 13.9. The number of hydrogen-bond donors (Lipinski definition) is 3. The zero-order chi connectivity index (χ0) is 33.5. The van der Waals surface area contributed by atoms with E-state index in [1.807, 2.05) is 22.9 Å². The summed E-state index contributed by atoms with van der Waals surface area (Å²) in [5.41, 5.74) is 0.415. The molecule has 3 aromatic carbocycles. The summed E-state index contributed by atoms with van der Waals surface area (Å²) in [5, 5.41) is 6.47. The third-order valence-electron chi connectivity index (χ3n) is 7.09. The number of ketones is 1. The molecule has 0 bridgehead atoms. The van der Waals surface area contributed by atoms with Crippen molar-refractivity contribution in [2.75, 3.05) is 31.3 Å². The molecule has 1 heterocycles. The molecule has 1 aliphatic heterocycles. The van der Waals surface area contributed by atoms with Gasteiger partial charge < -0.3 is 20.3 Å². The van der Waals surface area contributed by atoms with Crippen molar-refractivity contribution < 1.29 is 50.5 Å². The molecule has 3 aromatic rings. The molecule has 3 unspecified atom stereocenters. The predicted octanol–water partition coefficient (Wildman–Crippen LogP) is 2.51. The molecule has 0 aromatic heterocycles. The second kappa shape index (κ2) is 14.9. The summed E-state index contributed by atoms with van der Waals surface area (Å²) in [4.78, 5) is 65.5. The summed E-state index contributed by atoms with van der Waals surface area (Å²) in [6.45, 7) is -1.27. The fraction of sp³-hybridized carbons (Fsp3) is 0.300. The maximum atomic E-state index is 14.0. The van der Waals surface area contributed by atoms with Crippen molar-refractivity contribution >= 4 is 56.9 Å². The number of nitrogens with zero attached hydrogens (tertiary/aromatic N) is 1. The van der Waals surface area contributed by atoms with Gasteiger partial charge in [-0.05, 0) is 24.3 Å². The number of halogens is 4. The number of rotatable bonds is 10. The van der Waals surface area contributed by atoms with E-state index in [-0.39, 0.29) is 25.6 Å². The quantitative estimate of drug-likeness (QED) is 0.171. The monoisotopic (exact) mass is 664 g/mol. The fourth-order valence-electron chi connectivity index (χ4n) is 4.87. The Balaban J connectivity index is 1.43. The predicted molar refractivity (Wildman–Crippen MR) is 157 cm³/mol. The number of fused-ring (bicyclic) bond motifs is 1. The fourth-order valence-corrected chi connectivity index (χ4v) is 5.28. The molecule has 0 saturated carbocycles. The number of carbonyl (C=O) groups excluding carboxylic acids is 5. The van der Waals surface area contributed by atoms with Crippen molar-refractivity contribution in [1.82, 2.24) is 14.9 Å². The minimum atomic E-state index is -1.90. The van der Waals surface area contributed by atoms with Crippen LogP contribution in [0.5, 0.6) is 5.75 Å². The summed E-state index contributed by atoms with van der Waals surface area (Å²) >= 11 is 0. The highest BCUT2D eigenvalue weighted by Gasteiger charge is 2.34. The second-order valence-corrected chi connectivity index (χ2v) is 11.5. The van der Waals surface area contributed by atoms with Crippen LogP contribution in [0.25, 0.3) is 10.8 Å². The third-order valence-corrected chi connectivity index (χ3v) is 7.61. The van der Waals surface area contributed by atoms with Gasteiger partial charge in [-0.1, -0.05) is 36.4 Å². The summed E-state index contributed by atoms with van der Waals surface area (Å²) < 4.78 is 73.2. The summed E-state index contributed by atoms with van der Waals surface area (Å²) in [6, 6.07) is 10.7. The SMILES string of the molecule is CS(=O)NC(=O)CC(NC(=O)C1CCCN(C(=O)C(=O)Nc2cccc3ccccc23)C1)C(=O)COc1c(F)c(F)cc(F)c1F. The topological polar surface area (TPSA) is 151 Å². The molecule has 1 saturated heterocycles. The van der Waals surface area contributed by atoms with E-state index in [0.29, 0.717) is 17.5 Å². The summed E-state index contributed by atoms with van der Waals surface area (Å²) in [5.74, 6) is -14.5. The number of ether oxygens (including phenoxy) is 1. The van der Waals surface area contributed by atoms with Crippen LogP contribution in [0.1, 0.15) is 19.3 Å². The number of hydrogen-bond acceptors (Lipinski definition) is 7. The molecule has 0 spiro atoms. The smallest absolute Gasteiger partial charge is 0.313 e. The number of piperidine rings is 1. The molecule has 3 N–H and O–H groups in total. The lowest BCUT2D eigenvalue weighted by Gasteiger charge is -2.32. The van der Waals surface area contributed by atoms with Gasteiger partial charge in [0.25, 0.3) is 0 Å². The van der Waals surface area contributed by atoms with Gasteiger partial charge in [-0.15, -0.1) is 0 Å². The maximum absolute atomic E-state index is 14.0. The lowest BCUT2D eigenvalue weighted by molar-refractivity contribution is -0.145. The highest BCUT2D eigenvalue weighted by molar-refractivity contribution is 7.82. The first-order chi connectivity index (χ1) is 21.8. The Morgan fingerprint density at radius 3 is 2.37 bits per heavy atom. The van der Waals surface area contributed by atoms with Gasteiger partial charge in [-0.3, -0.25) is 28.7 Å². The Kier molecular flexibility index (Phi) is 11.1. The molecule has 46 heavy (non-hydrogen) atoms. The summed E-state index contributed by atoms with van der Waals surface area (Å²) in [6.07, 6.45) is 0.900. The van der Waals surface area contributed by atoms with Gasteiger partial charge in [0.05, 0.1) is 18.4 Å². The highest BCUT2D eigenvalue weighted by atomic mass is 32.2. The van der Waals surface area contributed by atoms with Gasteiger partial charge in [0.2, 0.25) is 23.4 Å². The Labute approximate surface area is 262 Å². The Hall–Kier alpha value is -4.86. The van der Waals surface area contributed by atoms with Crippen LogP contribution in [0.15, 0.2) is 48.5 Å². The van der Waals surface area contributed by atoms with E-state index in [2.05, 4.69) is 10.6 Å². The van der Waals surface area contributed by atoms with E-state index in [9.17, 15) is 45.7 Å². The van der Waals surface area contributed by atoms with Crippen LogP contribution in [0.3, 0.4) is 0 Å². The third kappa shape index (κ3) is 8.24. The van der Waals surface area contributed by atoms with E-state index in [4.69, 9.17) is 4.74 Å². The van der Waals surface area contributed by atoms with Crippen molar-refractivity contribution in [3.63, 3.8) is 0 Å². The van der Waals surface area contributed by atoms with Crippen molar-refractivity contribution in [1.29, 1.82) is 0 Å². The number of carbonyl (C=O) groups is 5. The molecule has 1 aliphatic rings. The zero-order valence-electron chi connectivity index (χ0n) is 24.2. The van der Waals surface area contributed by atoms with Crippen LogP contribution in [-0.4, -0.2) is 70.5 Å². The lowest BCUT2D eigenvalue weighted by atomic mass is 9.96. The first-order valence-corrected chi connectivity index (χ1v) is 15.4. The van der Waals surface area contributed by atoms with E-state index in [0.717, 1.165) is 11.6 Å². The number of benzene rings is 3. The van der Waals surface area contributed by atoms with Crippen LogP contribution >= 0.6 is 0 Å². The zero-order valence-corrected chi connectivity index (χ0v) is 25.1. The molecular weight excluding hydrogens is 636 g/mol. The number of amides is 4. The second-order valence-electron chi connectivity index (χ2n) is 10.4. The number of anilines is 1. The number of Topliss-reactive ketones (excluding diaryl/α,β-unsaturated/α-hetero) is 1. The minimum Gasteiger partial charge on any atom is -0.479 e. The van der Waals surface area contributed by atoms with Gasteiger partial charge in [-0.2, -0.15) is 8.78 Å². The van der Waals surface area contributed by atoms with Gasteiger partial charge in [0, 0.05) is 36.5 Å². The van der Waals surface area contributed by atoms with Crippen molar-refractivity contribution in [3.8, 4) is 5.75 Å². The van der Waals surface area contributed by atoms with Crippen molar-refractivity contribution in [2.45, 2.75) is 25.3 Å². The molecule has 244 valence electrons. The molecule has 16 heteroatoms. The van der Waals surface area contributed by atoms with Crippen LogP contribution in [0, 0.1) is 29.2 Å². The van der Waals surface area contributed by atoms with E-state index >= 15 is 0 Å². The van der Waals surface area contributed by atoms with Gasteiger partial charge >= 0.3 is 11.8 Å². The molecule has 0 radical (unpaired) electrons. The Morgan fingerprint density at radius 1 is 1.00 bits per heavy atom. The van der Waals surface area contributed by atoms with Crippen LogP contribution in [0.2, 0.25) is 0 Å². The van der Waals surface area contributed by atoms with Crippen LogP contribution in [0.4, 0.5) is 23.2 Å². The molecule has 1 fully saturated rings. The number of likely N-dealkylation sites (tertiary alicyclic amines) is 1. The molecule has 11 nitrogen and oxygen atoms in total. The van der Waals surface area contributed by atoms with Gasteiger partial charge in [-0.25, -0.2) is 13.0 Å². The highest BCUT2D eigenvalue weighted by Crippen LogP contribution is 2.27. The Bertz CT molecular complexity index is 1690. The number of nitrogens with one attached hydrogen (secondary N) is 3. The van der Waals surface area contributed by atoms with Crippen LogP contribution in [-0.2, 0) is 35.0 Å². The molecule has 0 aliphatic carbocycles. The molecule has 4 amide bonds. The average molecular weight is 665 g/mol. The molecular formula is C30H28F4N4O7S. The molecule has 4 rings (SSSR count). The molecule has 3 atom stereocenters. The normalized spacial score (nSPS) is 15.8. The van der Waals surface area contributed by atoms with Gasteiger partial charge in [0.15, 0.2) is 23.2 Å². The van der Waals surface area contributed by atoms with Crippen molar-refractivity contribution in [2.24, 2.45) is 5.92 Å². The maximum Gasteiger partial charge on any atom is 0.313 e. The van der Waals surface area contributed by atoms with Gasteiger partial charge in [0.1, 0.15) is 17.6 Å². The standard InChI is InChI=1S/C30H28F4N4O7S/c1-46(44)37-24(40)13-22(23(39)15-45-27-25(33)19(31)12-20(32)26(27)34)36-28(41)17-8-5-11-38(14-17)30(43)29(42)35-21-10-4-7-16-6-2-3-9-18(16)21/h2-4,6-7,9-10,12,17,22H,5,8,11,13-15H2,1H3,(H,35,42)(H,36,41)(H,37,40). The summed E-state index contributed by atoms with van der Waals surface area (Å²) in [7, 11) is -1.84. The lowest BCUT2D eigenvalue weighted by Crippen LogP contribution is -2.52. The van der Waals surface area contributed by atoms with Crippen molar-refractivity contribution in [3.05, 3.63) is 71.8 Å². The van der Waals surface area contributed by atoms with E-state index < -0.39 is 94.4 Å². The van der Waals surface area contributed by atoms with Crippen LogP contribution < -0.4 is 20.1 Å². The largest absolute Gasteiger partial charge is 0.479 e.